The molecule has 1 heterocycles. The highest BCUT2D eigenvalue weighted by molar-refractivity contribution is 7.19. The SMILES string of the molecule is CCCCCCCCNC(=O)c1ccc2cc(C=C(C)C=CC3=C(C)CCCC3(C)C)sc2c1. The highest BCUT2D eigenvalue weighted by Gasteiger charge is 2.26. The fourth-order valence-electron chi connectivity index (χ4n) is 4.97. The average Bonchev–Trinajstić information content (AvgIpc) is 3.18. The van der Waals surface area contributed by atoms with Crippen LogP contribution in [0, 0.1) is 5.41 Å². The van der Waals surface area contributed by atoms with Crippen molar-refractivity contribution in [2.45, 2.75) is 92.4 Å². The van der Waals surface area contributed by atoms with Crippen molar-refractivity contribution in [2.75, 3.05) is 6.54 Å². The van der Waals surface area contributed by atoms with Crippen molar-refractivity contribution in [3.8, 4) is 0 Å². The van der Waals surface area contributed by atoms with E-state index in [1.807, 2.05) is 12.1 Å². The number of hydrogen-bond acceptors (Lipinski definition) is 2. The number of unbranched alkanes of at least 4 members (excludes halogenated alkanes) is 5. The molecule has 0 atom stereocenters. The minimum Gasteiger partial charge on any atom is -0.352 e. The smallest absolute Gasteiger partial charge is 0.251 e. The lowest BCUT2D eigenvalue weighted by Crippen LogP contribution is -2.24. The summed E-state index contributed by atoms with van der Waals surface area (Å²) >= 11 is 1.76. The zero-order valence-corrected chi connectivity index (χ0v) is 22.7. The second-order valence-corrected chi connectivity index (χ2v) is 11.7. The van der Waals surface area contributed by atoms with Crippen molar-refractivity contribution < 1.29 is 4.79 Å². The highest BCUT2D eigenvalue weighted by atomic mass is 32.1. The van der Waals surface area contributed by atoms with Crippen LogP contribution in [0.15, 0.2) is 53.1 Å². The van der Waals surface area contributed by atoms with Crippen molar-refractivity contribution in [1.29, 1.82) is 0 Å². The maximum absolute atomic E-state index is 12.6. The fourth-order valence-corrected chi connectivity index (χ4v) is 6.09. The first-order valence-corrected chi connectivity index (χ1v) is 14.0. The van der Waals surface area contributed by atoms with Crippen molar-refractivity contribution in [2.24, 2.45) is 5.41 Å². The molecular formula is C31H43NOS. The Balaban J connectivity index is 1.61. The number of thiophene rings is 1. The van der Waals surface area contributed by atoms with E-state index in [0.29, 0.717) is 0 Å². The molecule has 1 N–H and O–H groups in total. The monoisotopic (exact) mass is 477 g/mol. The van der Waals surface area contributed by atoms with Gasteiger partial charge in [-0.05, 0) is 85.8 Å². The van der Waals surface area contributed by atoms with E-state index < -0.39 is 0 Å². The maximum atomic E-state index is 12.6. The first-order valence-electron chi connectivity index (χ1n) is 13.2. The molecule has 1 aliphatic carbocycles. The first kappa shape index (κ1) is 26.5. The number of carbonyl (C=O) groups is 1. The van der Waals surface area contributed by atoms with Gasteiger partial charge in [0.1, 0.15) is 0 Å². The molecule has 0 saturated heterocycles. The van der Waals surface area contributed by atoms with Gasteiger partial charge in [-0.25, -0.2) is 0 Å². The molecule has 184 valence electrons. The van der Waals surface area contributed by atoms with Crippen LogP contribution in [-0.2, 0) is 0 Å². The summed E-state index contributed by atoms with van der Waals surface area (Å²) in [6.07, 6.45) is 18.0. The summed E-state index contributed by atoms with van der Waals surface area (Å²) in [4.78, 5) is 13.8. The number of amides is 1. The zero-order valence-electron chi connectivity index (χ0n) is 21.9. The van der Waals surface area contributed by atoms with Gasteiger partial charge in [-0.2, -0.15) is 0 Å². The predicted molar refractivity (Wildman–Crippen MR) is 151 cm³/mol. The van der Waals surface area contributed by atoms with Gasteiger partial charge in [-0.3, -0.25) is 4.79 Å². The molecular weight excluding hydrogens is 434 g/mol. The van der Waals surface area contributed by atoms with Crippen molar-refractivity contribution in [3.63, 3.8) is 0 Å². The summed E-state index contributed by atoms with van der Waals surface area (Å²) < 4.78 is 1.17. The van der Waals surface area contributed by atoms with Gasteiger partial charge in [0.25, 0.3) is 5.91 Å². The van der Waals surface area contributed by atoms with Gasteiger partial charge < -0.3 is 5.32 Å². The third-order valence-corrected chi connectivity index (χ3v) is 8.09. The third-order valence-electron chi connectivity index (χ3n) is 7.04. The molecule has 0 spiro atoms. The van der Waals surface area contributed by atoms with E-state index in [2.05, 4.69) is 70.3 Å². The summed E-state index contributed by atoms with van der Waals surface area (Å²) in [6, 6.07) is 8.29. The van der Waals surface area contributed by atoms with Crippen LogP contribution in [0.4, 0.5) is 0 Å². The molecule has 2 aromatic rings. The van der Waals surface area contributed by atoms with E-state index in [1.54, 1.807) is 11.3 Å². The number of allylic oxidation sites excluding steroid dienone is 5. The van der Waals surface area contributed by atoms with Crippen molar-refractivity contribution in [3.05, 3.63) is 63.6 Å². The van der Waals surface area contributed by atoms with E-state index in [-0.39, 0.29) is 11.3 Å². The second-order valence-electron chi connectivity index (χ2n) is 10.6. The summed E-state index contributed by atoms with van der Waals surface area (Å²) in [6.45, 7) is 12.2. The van der Waals surface area contributed by atoms with Crippen LogP contribution >= 0.6 is 11.3 Å². The van der Waals surface area contributed by atoms with Gasteiger partial charge in [-0.15, -0.1) is 11.3 Å². The van der Waals surface area contributed by atoms with Crippen molar-refractivity contribution >= 4 is 33.4 Å². The Kier molecular flexibility index (Phi) is 9.76. The number of rotatable bonds is 11. The molecule has 0 unspecified atom stereocenters. The number of hydrogen-bond donors (Lipinski definition) is 1. The van der Waals surface area contributed by atoms with Crippen LogP contribution in [0.25, 0.3) is 16.2 Å². The van der Waals surface area contributed by atoms with Crippen LogP contribution in [0.2, 0.25) is 0 Å². The molecule has 0 aliphatic heterocycles. The van der Waals surface area contributed by atoms with Crippen LogP contribution in [-0.4, -0.2) is 12.5 Å². The molecule has 1 aromatic carbocycles. The number of nitrogens with one attached hydrogen (secondary N) is 1. The van der Waals surface area contributed by atoms with E-state index in [4.69, 9.17) is 0 Å². The van der Waals surface area contributed by atoms with Crippen LogP contribution in [0.1, 0.15) is 108 Å². The normalized spacial score (nSPS) is 16.6. The quantitative estimate of drug-likeness (QED) is 0.253. The lowest BCUT2D eigenvalue weighted by Gasteiger charge is -2.32. The van der Waals surface area contributed by atoms with Crippen molar-refractivity contribution in [1.82, 2.24) is 5.32 Å². The van der Waals surface area contributed by atoms with Gasteiger partial charge in [-0.1, -0.05) is 76.7 Å². The molecule has 1 amide bonds. The Morgan fingerprint density at radius 3 is 2.65 bits per heavy atom. The van der Waals surface area contributed by atoms with Crippen LogP contribution in [0.3, 0.4) is 0 Å². The first-order chi connectivity index (χ1) is 16.3. The van der Waals surface area contributed by atoms with Gasteiger partial charge in [0, 0.05) is 21.7 Å². The molecule has 3 heteroatoms. The Hall–Kier alpha value is -2.13. The minimum absolute atomic E-state index is 0.0406. The zero-order chi connectivity index (χ0) is 24.6. The predicted octanol–water partition coefficient (Wildman–Crippen LogP) is 9.48. The van der Waals surface area contributed by atoms with Gasteiger partial charge in [0.15, 0.2) is 0 Å². The standard InChI is InChI=1S/C31H43NOS/c1-6-7-8-9-10-11-19-32-30(33)26-16-15-25-21-27(34-29(25)22-26)20-23(2)14-17-28-24(3)13-12-18-31(28,4)5/h14-17,20-22H,6-13,18-19H2,1-5H3,(H,32,33). The van der Waals surface area contributed by atoms with Gasteiger partial charge in [0.2, 0.25) is 0 Å². The largest absolute Gasteiger partial charge is 0.352 e. The molecule has 0 fully saturated rings. The third kappa shape index (κ3) is 7.43. The van der Waals surface area contributed by atoms with E-state index in [9.17, 15) is 4.79 Å². The summed E-state index contributed by atoms with van der Waals surface area (Å²) in [5, 5.41) is 4.29. The Morgan fingerprint density at radius 2 is 1.88 bits per heavy atom. The molecule has 2 nitrogen and oxygen atoms in total. The number of fused-ring (bicyclic) bond motifs is 1. The molecule has 1 aliphatic rings. The maximum Gasteiger partial charge on any atom is 0.251 e. The number of benzene rings is 1. The van der Waals surface area contributed by atoms with Crippen LogP contribution in [0.5, 0.6) is 0 Å². The topological polar surface area (TPSA) is 29.1 Å². The van der Waals surface area contributed by atoms with E-state index >= 15 is 0 Å². The summed E-state index contributed by atoms with van der Waals surface area (Å²) in [5.41, 5.74) is 5.31. The molecule has 0 saturated carbocycles. The molecule has 1 aromatic heterocycles. The summed E-state index contributed by atoms with van der Waals surface area (Å²) in [5.74, 6) is 0.0406. The van der Waals surface area contributed by atoms with Crippen LogP contribution < -0.4 is 5.32 Å². The highest BCUT2D eigenvalue weighted by Crippen LogP contribution is 2.41. The van der Waals surface area contributed by atoms with Gasteiger partial charge >= 0.3 is 0 Å². The lowest BCUT2D eigenvalue weighted by molar-refractivity contribution is 0.0953. The van der Waals surface area contributed by atoms with Gasteiger partial charge in [0.05, 0.1) is 0 Å². The Labute approximate surface area is 211 Å². The average molecular weight is 478 g/mol. The van der Waals surface area contributed by atoms with E-state index in [0.717, 1.165) is 18.5 Å². The Morgan fingerprint density at radius 1 is 1.12 bits per heavy atom. The van der Waals surface area contributed by atoms with E-state index in [1.165, 1.54) is 83.0 Å². The Bertz CT molecular complexity index is 1070. The molecule has 0 radical (unpaired) electrons. The summed E-state index contributed by atoms with van der Waals surface area (Å²) in [7, 11) is 0. The fraction of sp³-hybridized carbons (Fsp3) is 0.516. The molecule has 34 heavy (non-hydrogen) atoms. The number of carbonyl (C=O) groups excluding carboxylic acids is 1. The lowest BCUT2D eigenvalue weighted by atomic mass is 9.72. The molecule has 3 rings (SSSR count). The second kappa shape index (κ2) is 12.5. The molecule has 0 bridgehead atoms. The minimum atomic E-state index is 0.0406.